The molecule has 0 N–H and O–H groups in total. The van der Waals surface area contributed by atoms with Crippen molar-refractivity contribution in [2.24, 2.45) is 5.92 Å². The van der Waals surface area contributed by atoms with Gasteiger partial charge in [-0.05, 0) is 12.8 Å². The van der Waals surface area contributed by atoms with E-state index >= 15 is 0 Å². The summed E-state index contributed by atoms with van der Waals surface area (Å²) in [7, 11) is 0. The van der Waals surface area contributed by atoms with Crippen molar-refractivity contribution in [1.29, 1.82) is 0 Å². The van der Waals surface area contributed by atoms with Gasteiger partial charge in [0.25, 0.3) is 0 Å². The largest absolute Gasteiger partial charge is 0.497 e. The molecule has 0 bridgehead atoms. The maximum Gasteiger partial charge on any atom is 0.162 e. The molecule has 0 aromatic heterocycles. The minimum Gasteiger partial charge on any atom is -0.497 e. The molecule has 13 heavy (non-hydrogen) atoms. The average molecular weight is 182 g/mol. The van der Waals surface area contributed by atoms with Gasteiger partial charge in [-0.15, -0.1) is 0 Å². The summed E-state index contributed by atoms with van der Waals surface area (Å²) in [5.41, 5.74) is 0. The van der Waals surface area contributed by atoms with Gasteiger partial charge >= 0.3 is 0 Å². The van der Waals surface area contributed by atoms with Crippen molar-refractivity contribution in [1.82, 2.24) is 0 Å². The molecule has 0 spiro atoms. The molecule has 0 aliphatic carbocycles. The number of carbonyl (C=O) groups is 1. The lowest BCUT2D eigenvalue weighted by Gasteiger charge is -2.30. The summed E-state index contributed by atoms with van der Waals surface area (Å²) in [6, 6.07) is 0. The highest BCUT2D eigenvalue weighted by Gasteiger charge is 2.28. The van der Waals surface area contributed by atoms with Crippen LogP contribution in [-0.4, -0.2) is 25.1 Å². The highest BCUT2D eigenvalue weighted by atomic mass is 16.5. The lowest BCUT2D eigenvalue weighted by molar-refractivity contribution is -0.120. The molecular weight excluding hydrogens is 168 g/mol. The van der Waals surface area contributed by atoms with Crippen LogP contribution < -0.4 is 0 Å². The van der Waals surface area contributed by atoms with E-state index in [-0.39, 0.29) is 11.9 Å². The zero-order chi connectivity index (χ0) is 9.10. The van der Waals surface area contributed by atoms with E-state index in [2.05, 4.69) is 0 Å². The molecule has 0 radical (unpaired) electrons. The van der Waals surface area contributed by atoms with E-state index in [1.807, 2.05) is 0 Å². The first-order valence-corrected chi connectivity index (χ1v) is 4.79. The Morgan fingerprint density at radius 1 is 1.46 bits per heavy atom. The molecule has 0 saturated carbocycles. The number of hydrogen-bond acceptors (Lipinski definition) is 3. The molecule has 2 atom stereocenters. The third kappa shape index (κ3) is 2.10. The van der Waals surface area contributed by atoms with Crippen LogP contribution in [0.15, 0.2) is 12.3 Å². The molecule has 1 fully saturated rings. The molecule has 2 unspecified atom stereocenters. The third-order valence-electron chi connectivity index (χ3n) is 2.63. The van der Waals surface area contributed by atoms with Gasteiger partial charge in [-0.3, -0.25) is 4.79 Å². The van der Waals surface area contributed by atoms with E-state index in [9.17, 15) is 4.79 Å². The summed E-state index contributed by atoms with van der Waals surface area (Å²) in [6.07, 6.45) is 5.79. The number of ether oxygens (including phenoxy) is 2. The Labute approximate surface area is 77.7 Å². The van der Waals surface area contributed by atoms with Crippen LogP contribution in [0, 0.1) is 5.92 Å². The first-order chi connectivity index (χ1) is 6.36. The monoisotopic (exact) mass is 182 g/mol. The maximum atomic E-state index is 11.1. The molecule has 0 aromatic carbocycles. The van der Waals surface area contributed by atoms with Crippen LogP contribution >= 0.6 is 0 Å². The molecule has 3 heteroatoms. The highest BCUT2D eigenvalue weighted by molar-refractivity contribution is 5.90. The van der Waals surface area contributed by atoms with E-state index in [0.29, 0.717) is 12.3 Å². The first-order valence-electron chi connectivity index (χ1n) is 4.79. The van der Waals surface area contributed by atoms with Gasteiger partial charge in [0.2, 0.25) is 0 Å². The van der Waals surface area contributed by atoms with Crippen molar-refractivity contribution in [3.05, 3.63) is 12.3 Å². The van der Waals surface area contributed by atoms with Gasteiger partial charge in [-0.2, -0.15) is 0 Å². The average Bonchev–Trinajstić information content (AvgIpc) is 2.19. The van der Waals surface area contributed by atoms with E-state index in [4.69, 9.17) is 9.47 Å². The van der Waals surface area contributed by atoms with Gasteiger partial charge in [0.05, 0.1) is 12.9 Å². The van der Waals surface area contributed by atoms with Crippen LogP contribution in [0.25, 0.3) is 0 Å². The van der Waals surface area contributed by atoms with Crippen LogP contribution in [0.1, 0.15) is 19.3 Å². The van der Waals surface area contributed by atoms with Crippen molar-refractivity contribution in [2.45, 2.75) is 25.4 Å². The second-order valence-electron chi connectivity index (χ2n) is 3.62. The number of rotatable bonds is 1. The van der Waals surface area contributed by atoms with Crippen LogP contribution in [0.5, 0.6) is 0 Å². The van der Waals surface area contributed by atoms with Crippen molar-refractivity contribution in [3.8, 4) is 0 Å². The molecule has 2 rings (SSSR count). The Hall–Kier alpha value is -0.830. The number of ketones is 1. The molecule has 0 amide bonds. The summed E-state index contributed by atoms with van der Waals surface area (Å²) in [5.74, 6) is 0.574. The second-order valence-corrected chi connectivity index (χ2v) is 3.62. The molecule has 0 aromatic rings. The Kier molecular flexibility index (Phi) is 2.64. The summed E-state index contributed by atoms with van der Waals surface area (Å²) >= 11 is 0. The maximum absolute atomic E-state index is 11.1. The molecule has 72 valence electrons. The number of hydrogen-bond donors (Lipinski definition) is 0. The zero-order valence-corrected chi connectivity index (χ0v) is 7.57. The number of allylic oxidation sites excluding steroid dienone is 1. The fourth-order valence-corrected chi connectivity index (χ4v) is 1.87. The lowest BCUT2D eigenvalue weighted by atomic mass is 9.92. The molecule has 2 aliphatic heterocycles. The minimum absolute atomic E-state index is 0.0535. The first kappa shape index (κ1) is 8.75. The second kappa shape index (κ2) is 3.92. The molecule has 3 nitrogen and oxygen atoms in total. The third-order valence-corrected chi connectivity index (χ3v) is 2.63. The Morgan fingerprint density at radius 3 is 3.08 bits per heavy atom. The van der Waals surface area contributed by atoms with E-state index < -0.39 is 0 Å². The highest BCUT2D eigenvalue weighted by Crippen LogP contribution is 2.24. The van der Waals surface area contributed by atoms with Gasteiger partial charge < -0.3 is 9.47 Å². The topological polar surface area (TPSA) is 35.5 Å². The smallest absolute Gasteiger partial charge is 0.162 e. The summed E-state index contributed by atoms with van der Waals surface area (Å²) in [6.45, 7) is 1.60. The Bertz CT molecular complexity index is 216. The van der Waals surface area contributed by atoms with Crippen LogP contribution in [0.4, 0.5) is 0 Å². The SMILES string of the molecule is O=C1C=COC(C2CCCOC2)C1. The fraction of sp³-hybridized carbons (Fsp3) is 0.700. The standard InChI is InChI=1S/C10H14O3/c11-9-3-5-13-10(6-9)8-2-1-4-12-7-8/h3,5,8,10H,1-2,4,6-7H2. The molecule has 1 saturated heterocycles. The van der Waals surface area contributed by atoms with Gasteiger partial charge in [0.15, 0.2) is 5.78 Å². The zero-order valence-electron chi connectivity index (χ0n) is 7.57. The van der Waals surface area contributed by atoms with Crippen molar-refractivity contribution in [2.75, 3.05) is 13.2 Å². The number of carbonyl (C=O) groups excluding carboxylic acids is 1. The van der Waals surface area contributed by atoms with Crippen molar-refractivity contribution >= 4 is 5.78 Å². The fourth-order valence-electron chi connectivity index (χ4n) is 1.87. The van der Waals surface area contributed by atoms with E-state index in [0.717, 1.165) is 26.1 Å². The van der Waals surface area contributed by atoms with Gasteiger partial charge in [0, 0.05) is 25.0 Å². The van der Waals surface area contributed by atoms with E-state index in [1.54, 1.807) is 0 Å². The molecule has 2 aliphatic rings. The van der Waals surface area contributed by atoms with Gasteiger partial charge in [-0.1, -0.05) is 0 Å². The molecular formula is C10H14O3. The summed E-state index contributed by atoms with van der Waals surface area (Å²) < 4.78 is 10.8. The summed E-state index contributed by atoms with van der Waals surface area (Å²) in [4.78, 5) is 11.1. The summed E-state index contributed by atoms with van der Waals surface area (Å²) in [5, 5.41) is 0. The quantitative estimate of drug-likeness (QED) is 0.613. The molecule has 2 heterocycles. The van der Waals surface area contributed by atoms with Crippen LogP contribution in [-0.2, 0) is 14.3 Å². The Balaban J connectivity index is 1.92. The lowest BCUT2D eigenvalue weighted by Crippen LogP contribution is -2.33. The van der Waals surface area contributed by atoms with E-state index in [1.165, 1.54) is 12.3 Å². The predicted molar refractivity (Wildman–Crippen MR) is 47.2 cm³/mol. The van der Waals surface area contributed by atoms with Gasteiger partial charge in [0.1, 0.15) is 6.10 Å². The van der Waals surface area contributed by atoms with Gasteiger partial charge in [-0.25, -0.2) is 0 Å². The normalized spacial score (nSPS) is 34.3. The van der Waals surface area contributed by atoms with Crippen molar-refractivity contribution < 1.29 is 14.3 Å². The predicted octanol–water partition coefficient (Wildman–Crippen LogP) is 1.28. The van der Waals surface area contributed by atoms with Crippen LogP contribution in [0.2, 0.25) is 0 Å². The Morgan fingerprint density at radius 2 is 2.38 bits per heavy atom. The van der Waals surface area contributed by atoms with Crippen molar-refractivity contribution in [3.63, 3.8) is 0 Å². The minimum atomic E-state index is 0.0535. The van der Waals surface area contributed by atoms with Crippen LogP contribution in [0.3, 0.4) is 0 Å².